The Bertz CT molecular complexity index is 748. The molecule has 1 N–H and O–H groups in total. The van der Waals surface area contributed by atoms with Gasteiger partial charge in [0.05, 0.1) is 18.0 Å². The SMILES string of the molecule is CN(C)c1ccccc1C#CCNC(=O)CSc1ccc(F)cc1. The van der Waals surface area contributed by atoms with Crippen LogP contribution in [-0.4, -0.2) is 32.3 Å². The van der Waals surface area contributed by atoms with E-state index in [-0.39, 0.29) is 17.5 Å². The number of halogens is 1. The Kier molecular flexibility index (Phi) is 6.71. The van der Waals surface area contributed by atoms with Gasteiger partial charge in [0.25, 0.3) is 0 Å². The van der Waals surface area contributed by atoms with Gasteiger partial charge in [0.2, 0.25) is 5.91 Å². The van der Waals surface area contributed by atoms with Crippen molar-refractivity contribution in [1.82, 2.24) is 5.32 Å². The number of rotatable bonds is 5. The van der Waals surface area contributed by atoms with Gasteiger partial charge in [0.15, 0.2) is 0 Å². The number of thioether (sulfide) groups is 1. The molecule has 5 heteroatoms. The summed E-state index contributed by atoms with van der Waals surface area (Å²) >= 11 is 1.36. The van der Waals surface area contributed by atoms with Gasteiger partial charge < -0.3 is 10.2 Å². The van der Waals surface area contributed by atoms with E-state index in [1.54, 1.807) is 12.1 Å². The molecular formula is C19H19FN2OS. The number of carbonyl (C=O) groups excluding carboxylic acids is 1. The van der Waals surface area contributed by atoms with E-state index in [0.717, 1.165) is 16.1 Å². The van der Waals surface area contributed by atoms with Crippen LogP contribution in [0.4, 0.5) is 10.1 Å². The molecule has 0 radical (unpaired) electrons. The van der Waals surface area contributed by atoms with E-state index in [2.05, 4.69) is 17.2 Å². The highest BCUT2D eigenvalue weighted by molar-refractivity contribution is 8.00. The summed E-state index contributed by atoms with van der Waals surface area (Å²) in [6.07, 6.45) is 0. The second kappa shape index (κ2) is 8.99. The van der Waals surface area contributed by atoms with Crippen LogP contribution in [-0.2, 0) is 4.79 Å². The topological polar surface area (TPSA) is 32.3 Å². The van der Waals surface area contributed by atoms with E-state index in [0.29, 0.717) is 6.54 Å². The van der Waals surface area contributed by atoms with Crippen molar-refractivity contribution in [1.29, 1.82) is 0 Å². The number of nitrogens with zero attached hydrogens (tertiary/aromatic N) is 1. The minimum absolute atomic E-state index is 0.0977. The minimum Gasteiger partial charge on any atom is -0.377 e. The number of carbonyl (C=O) groups is 1. The fourth-order valence-corrected chi connectivity index (χ4v) is 2.71. The molecule has 3 nitrogen and oxygen atoms in total. The Hall–Kier alpha value is -2.45. The Balaban J connectivity index is 1.80. The molecule has 0 saturated heterocycles. The molecule has 0 unspecified atom stereocenters. The van der Waals surface area contributed by atoms with Crippen LogP contribution in [0.1, 0.15) is 5.56 Å². The predicted molar refractivity (Wildman–Crippen MR) is 97.8 cm³/mol. The Morgan fingerprint density at radius 1 is 1.17 bits per heavy atom. The molecule has 0 atom stereocenters. The van der Waals surface area contributed by atoms with Gasteiger partial charge in [0.1, 0.15) is 5.82 Å². The Morgan fingerprint density at radius 3 is 2.58 bits per heavy atom. The normalized spacial score (nSPS) is 9.79. The van der Waals surface area contributed by atoms with Crippen molar-refractivity contribution in [2.45, 2.75) is 4.90 Å². The van der Waals surface area contributed by atoms with Crippen LogP contribution < -0.4 is 10.2 Å². The summed E-state index contributed by atoms with van der Waals surface area (Å²) < 4.78 is 12.8. The van der Waals surface area contributed by atoms with Crippen LogP contribution >= 0.6 is 11.8 Å². The van der Waals surface area contributed by atoms with Crippen LogP contribution in [0.3, 0.4) is 0 Å². The number of hydrogen-bond donors (Lipinski definition) is 1. The first kappa shape index (κ1) is 17.9. The van der Waals surface area contributed by atoms with Gasteiger partial charge >= 0.3 is 0 Å². The number of nitrogens with one attached hydrogen (secondary N) is 1. The largest absolute Gasteiger partial charge is 0.377 e. The molecule has 2 aromatic carbocycles. The van der Waals surface area contributed by atoms with E-state index in [1.165, 1.54) is 23.9 Å². The summed E-state index contributed by atoms with van der Waals surface area (Å²) in [4.78, 5) is 14.6. The quantitative estimate of drug-likeness (QED) is 0.669. The number of benzene rings is 2. The molecule has 0 aliphatic rings. The highest BCUT2D eigenvalue weighted by Gasteiger charge is 2.02. The summed E-state index contributed by atoms with van der Waals surface area (Å²) in [5, 5.41) is 2.76. The molecular weight excluding hydrogens is 323 g/mol. The van der Waals surface area contributed by atoms with Gasteiger partial charge in [-0.2, -0.15) is 0 Å². The molecule has 0 fully saturated rings. The highest BCUT2D eigenvalue weighted by Crippen LogP contribution is 2.17. The summed E-state index contributed by atoms with van der Waals surface area (Å²) in [5.41, 5.74) is 1.97. The minimum atomic E-state index is -0.280. The van der Waals surface area contributed by atoms with E-state index in [1.807, 2.05) is 43.3 Å². The predicted octanol–water partition coefficient (Wildman–Crippen LogP) is 3.15. The lowest BCUT2D eigenvalue weighted by atomic mass is 10.1. The molecule has 124 valence electrons. The van der Waals surface area contributed by atoms with Gasteiger partial charge in [-0.3, -0.25) is 4.79 Å². The molecule has 2 aromatic rings. The maximum absolute atomic E-state index is 12.8. The first-order chi connectivity index (χ1) is 11.6. The zero-order chi connectivity index (χ0) is 17.4. The average Bonchev–Trinajstić information content (AvgIpc) is 2.58. The van der Waals surface area contributed by atoms with Crippen molar-refractivity contribution < 1.29 is 9.18 Å². The van der Waals surface area contributed by atoms with Crippen molar-refractivity contribution in [2.24, 2.45) is 0 Å². The molecule has 0 aliphatic heterocycles. The molecule has 0 aliphatic carbocycles. The Morgan fingerprint density at radius 2 is 1.88 bits per heavy atom. The molecule has 0 bridgehead atoms. The number of amides is 1. The first-order valence-corrected chi connectivity index (χ1v) is 8.45. The van der Waals surface area contributed by atoms with Gasteiger partial charge in [-0.1, -0.05) is 24.0 Å². The van der Waals surface area contributed by atoms with Gasteiger partial charge in [0, 0.05) is 24.6 Å². The fraction of sp³-hybridized carbons (Fsp3) is 0.211. The lowest BCUT2D eigenvalue weighted by molar-refractivity contribution is -0.118. The van der Waals surface area contributed by atoms with Gasteiger partial charge in [-0.05, 0) is 36.4 Å². The second-order valence-electron chi connectivity index (χ2n) is 5.23. The average molecular weight is 342 g/mol. The lowest BCUT2D eigenvalue weighted by Gasteiger charge is -2.13. The van der Waals surface area contributed by atoms with E-state index in [4.69, 9.17) is 0 Å². The van der Waals surface area contributed by atoms with Crippen LogP contribution in [0.5, 0.6) is 0 Å². The molecule has 0 heterocycles. The summed E-state index contributed by atoms with van der Waals surface area (Å²) in [6.45, 7) is 0.296. The number of para-hydroxylation sites is 1. The lowest BCUT2D eigenvalue weighted by Crippen LogP contribution is -2.25. The zero-order valence-electron chi connectivity index (χ0n) is 13.7. The smallest absolute Gasteiger partial charge is 0.231 e. The van der Waals surface area contributed by atoms with Gasteiger partial charge in [-0.15, -0.1) is 11.8 Å². The first-order valence-electron chi connectivity index (χ1n) is 7.46. The molecule has 1 amide bonds. The second-order valence-corrected chi connectivity index (χ2v) is 6.28. The third kappa shape index (κ3) is 5.64. The van der Waals surface area contributed by atoms with Crippen LogP contribution in [0.15, 0.2) is 53.4 Å². The molecule has 24 heavy (non-hydrogen) atoms. The summed E-state index contributed by atoms with van der Waals surface area (Å²) in [6, 6.07) is 13.9. The maximum atomic E-state index is 12.8. The van der Waals surface area contributed by atoms with Gasteiger partial charge in [-0.25, -0.2) is 4.39 Å². The van der Waals surface area contributed by atoms with E-state index < -0.39 is 0 Å². The van der Waals surface area contributed by atoms with Crippen LogP contribution in [0, 0.1) is 17.7 Å². The fourth-order valence-electron chi connectivity index (χ4n) is 1.98. The Labute approximate surface area is 146 Å². The third-order valence-corrected chi connectivity index (χ3v) is 4.18. The van der Waals surface area contributed by atoms with E-state index >= 15 is 0 Å². The van der Waals surface area contributed by atoms with Crippen molar-refractivity contribution >= 4 is 23.4 Å². The molecule has 0 saturated carbocycles. The van der Waals surface area contributed by atoms with Crippen LogP contribution in [0.25, 0.3) is 0 Å². The van der Waals surface area contributed by atoms with Crippen molar-refractivity contribution in [2.75, 3.05) is 31.3 Å². The van der Waals surface area contributed by atoms with Crippen molar-refractivity contribution in [3.63, 3.8) is 0 Å². The number of anilines is 1. The highest BCUT2D eigenvalue weighted by atomic mass is 32.2. The summed E-state index contributed by atoms with van der Waals surface area (Å²) in [7, 11) is 3.93. The summed E-state index contributed by atoms with van der Waals surface area (Å²) in [5.74, 6) is 5.94. The van der Waals surface area contributed by atoms with Crippen molar-refractivity contribution in [3.8, 4) is 11.8 Å². The molecule has 0 aromatic heterocycles. The van der Waals surface area contributed by atoms with E-state index in [9.17, 15) is 9.18 Å². The number of hydrogen-bond acceptors (Lipinski definition) is 3. The van der Waals surface area contributed by atoms with Crippen molar-refractivity contribution in [3.05, 3.63) is 59.9 Å². The molecule has 0 spiro atoms. The van der Waals surface area contributed by atoms with Crippen LogP contribution in [0.2, 0.25) is 0 Å². The zero-order valence-corrected chi connectivity index (χ0v) is 14.5. The monoisotopic (exact) mass is 342 g/mol. The maximum Gasteiger partial charge on any atom is 0.231 e. The standard InChI is InChI=1S/C19H19FN2OS/c1-22(2)18-8-4-3-6-15(18)7-5-13-21-19(23)14-24-17-11-9-16(20)10-12-17/h3-4,6,8-12H,13-14H2,1-2H3,(H,21,23). The third-order valence-electron chi connectivity index (χ3n) is 3.17. The molecule has 2 rings (SSSR count).